The third kappa shape index (κ3) is 2.70. The van der Waals surface area contributed by atoms with E-state index in [0.29, 0.717) is 6.54 Å². The van der Waals surface area contributed by atoms with Crippen molar-refractivity contribution in [1.29, 1.82) is 0 Å². The fourth-order valence-electron chi connectivity index (χ4n) is 1.49. The van der Waals surface area contributed by atoms with Gasteiger partial charge in [-0.05, 0) is 19.9 Å². The average molecular weight is 199 g/mol. The van der Waals surface area contributed by atoms with E-state index in [0.717, 1.165) is 13.0 Å². The molecule has 1 saturated heterocycles. The van der Waals surface area contributed by atoms with Crippen molar-refractivity contribution < 1.29 is 9.59 Å². The van der Waals surface area contributed by atoms with Gasteiger partial charge in [-0.15, -0.1) is 0 Å². The van der Waals surface area contributed by atoms with Gasteiger partial charge in [0.05, 0.1) is 5.92 Å². The molecular weight excluding hydrogens is 182 g/mol. The van der Waals surface area contributed by atoms with Crippen molar-refractivity contribution in [1.82, 2.24) is 16.0 Å². The molecule has 1 heterocycles. The maximum absolute atomic E-state index is 11.5. The Morgan fingerprint density at radius 2 is 2.21 bits per heavy atom. The van der Waals surface area contributed by atoms with Gasteiger partial charge in [0.25, 0.3) is 0 Å². The molecule has 0 bridgehead atoms. The lowest BCUT2D eigenvalue weighted by atomic mass is 10.1. The second-order valence-corrected chi connectivity index (χ2v) is 3.53. The van der Waals surface area contributed by atoms with E-state index in [1.54, 1.807) is 14.0 Å². The molecule has 2 amide bonds. The lowest BCUT2D eigenvalue weighted by Gasteiger charge is -2.15. The van der Waals surface area contributed by atoms with Gasteiger partial charge in [-0.1, -0.05) is 0 Å². The van der Waals surface area contributed by atoms with Crippen LogP contribution >= 0.6 is 0 Å². The molecule has 5 nitrogen and oxygen atoms in total. The van der Waals surface area contributed by atoms with Crippen LogP contribution in [0, 0.1) is 5.92 Å². The summed E-state index contributed by atoms with van der Waals surface area (Å²) >= 11 is 0. The first-order valence-electron chi connectivity index (χ1n) is 4.88. The van der Waals surface area contributed by atoms with Gasteiger partial charge in [0, 0.05) is 13.6 Å². The number of carbonyl (C=O) groups excluding carboxylic acids is 2. The molecule has 0 unspecified atom stereocenters. The Morgan fingerprint density at radius 3 is 2.71 bits per heavy atom. The molecular formula is C9H17N3O2. The van der Waals surface area contributed by atoms with Crippen molar-refractivity contribution in [2.45, 2.75) is 19.4 Å². The molecule has 2 atom stereocenters. The maximum Gasteiger partial charge on any atom is 0.242 e. The van der Waals surface area contributed by atoms with E-state index in [-0.39, 0.29) is 17.7 Å². The average Bonchev–Trinajstić information content (AvgIpc) is 2.69. The largest absolute Gasteiger partial charge is 0.357 e. The van der Waals surface area contributed by atoms with Crippen LogP contribution in [0.4, 0.5) is 0 Å². The molecule has 14 heavy (non-hydrogen) atoms. The van der Waals surface area contributed by atoms with Crippen LogP contribution in [0.5, 0.6) is 0 Å². The summed E-state index contributed by atoms with van der Waals surface area (Å²) in [4.78, 5) is 22.7. The molecule has 1 aliphatic heterocycles. The number of nitrogens with one attached hydrogen (secondary N) is 3. The van der Waals surface area contributed by atoms with Crippen LogP contribution in [0.1, 0.15) is 13.3 Å². The highest BCUT2D eigenvalue weighted by molar-refractivity contribution is 5.88. The minimum atomic E-state index is -0.451. The quantitative estimate of drug-likeness (QED) is 0.537. The number of amides is 2. The van der Waals surface area contributed by atoms with E-state index in [9.17, 15) is 9.59 Å². The molecule has 0 radical (unpaired) electrons. The van der Waals surface area contributed by atoms with Crippen LogP contribution in [0.3, 0.4) is 0 Å². The summed E-state index contributed by atoms with van der Waals surface area (Å²) in [5.74, 6) is -0.183. The monoisotopic (exact) mass is 199 g/mol. The normalized spacial score (nSPS) is 22.9. The zero-order valence-electron chi connectivity index (χ0n) is 8.59. The van der Waals surface area contributed by atoms with Crippen molar-refractivity contribution in [3.63, 3.8) is 0 Å². The predicted molar refractivity (Wildman–Crippen MR) is 52.6 cm³/mol. The third-order valence-corrected chi connectivity index (χ3v) is 2.43. The van der Waals surface area contributed by atoms with Crippen LogP contribution in [-0.4, -0.2) is 38.0 Å². The molecule has 0 spiro atoms. The van der Waals surface area contributed by atoms with Gasteiger partial charge in [-0.2, -0.15) is 0 Å². The summed E-state index contributed by atoms with van der Waals surface area (Å²) < 4.78 is 0. The zero-order chi connectivity index (χ0) is 10.6. The molecule has 1 rings (SSSR count). The highest BCUT2D eigenvalue weighted by atomic mass is 16.2. The van der Waals surface area contributed by atoms with Crippen LogP contribution in [0.25, 0.3) is 0 Å². The van der Waals surface area contributed by atoms with Gasteiger partial charge in [0.1, 0.15) is 6.04 Å². The van der Waals surface area contributed by atoms with E-state index in [4.69, 9.17) is 0 Å². The van der Waals surface area contributed by atoms with Crippen LogP contribution in [-0.2, 0) is 9.59 Å². The van der Waals surface area contributed by atoms with Gasteiger partial charge in [0.15, 0.2) is 0 Å². The smallest absolute Gasteiger partial charge is 0.242 e. The van der Waals surface area contributed by atoms with Crippen molar-refractivity contribution in [3.8, 4) is 0 Å². The fourth-order valence-corrected chi connectivity index (χ4v) is 1.49. The van der Waals surface area contributed by atoms with Crippen molar-refractivity contribution in [3.05, 3.63) is 0 Å². The van der Waals surface area contributed by atoms with E-state index >= 15 is 0 Å². The standard InChI is InChI=1S/C9H17N3O2/c1-6(8(13)10-2)12-9(14)7-3-4-11-5-7/h6-7,11H,3-5H2,1-2H3,(H,10,13)(H,12,14)/t6-,7-/m0/s1. The van der Waals surface area contributed by atoms with Crippen LogP contribution in [0.15, 0.2) is 0 Å². The summed E-state index contributed by atoms with van der Waals surface area (Å²) in [5.41, 5.74) is 0. The molecule has 1 aliphatic rings. The first kappa shape index (κ1) is 11.0. The van der Waals surface area contributed by atoms with Gasteiger partial charge >= 0.3 is 0 Å². The topological polar surface area (TPSA) is 70.2 Å². The highest BCUT2D eigenvalue weighted by Crippen LogP contribution is 2.07. The number of carbonyl (C=O) groups is 2. The van der Waals surface area contributed by atoms with Crippen LogP contribution in [0.2, 0.25) is 0 Å². The Hall–Kier alpha value is -1.10. The number of hydrogen-bond acceptors (Lipinski definition) is 3. The minimum Gasteiger partial charge on any atom is -0.357 e. The Bertz CT molecular complexity index is 224. The summed E-state index contributed by atoms with van der Waals surface area (Å²) in [5, 5.41) is 8.28. The lowest BCUT2D eigenvalue weighted by molar-refractivity contribution is -0.130. The molecule has 5 heteroatoms. The maximum atomic E-state index is 11.5. The van der Waals surface area contributed by atoms with Gasteiger partial charge in [-0.3, -0.25) is 9.59 Å². The van der Waals surface area contributed by atoms with E-state index in [2.05, 4.69) is 16.0 Å². The SMILES string of the molecule is CNC(=O)[C@H](C)NC(=O)[C@H]1CCNC1. The van der Waals surface area contributed by atoms with Crippen molar-refractivity contribution in [2.75, 3.05) is 20.1 Å². The Morgan fingerprint density at radius 1 is 1.50 bits per heavy atom. The number of rotatable bonds is 3. The van der Waals surface area contributed by atoms with Gasteiger partial charge < -0.3 is 16.0 Å². The zero-order valence-corrected chi connectivity index (χ0v) is 8.59. The van der Waals surface area contributed by atoms with Crippen molar-refractivity contribution >= 4 is 11.8 Å². The molecule has 0 aromatic carbocycles. The summed E-state index contributed by atoms with van der Waals surface area (Å²) in [6.45, 7) is 3.28. The molecule has 0 aliphatic carbocycles. The molecule has 0 saturated carbocycles. The molecule has 3 N–H and O–H groups in total. The molecule has 80 valence electrons. The summed E-state index contributed by atoms with van der Waals surface area (Å²) in [6, 6.07) is -0.451. The first-order chi connectivity index (χ1) is 6.65. The minimum absolute atomic E-state index is 0.0158. The molecule has 0 aromatic rings. The third-order valence-electron chi connectivity index (χ3n) is 2.43. The second-order valence-electron chi connectivity index (χ2n) is 3.53. The number of likely N-dealkylation sites (N-methyl/N-ethyl adjacent to an activating group) is 1. The Balaban J connectivity index is 2.35. The number of hydrogen-bond donors (Lipinski definition) is 3. The summed E-state index contributed by atoms with van der Waals surface area (Å²) in [6.07, 6.45) is 0.853. The van der Waals surface area contributed by atoms with Gasteiger partial charge in [0.2, 0.25) is 11.8 Å². The molecule has 0 aromatic heterocycles. The Kier molecular flexibility index (Phi) is 3.88. The van der Waals surface area contributed by atoms with E-state index in [1.807, 2.05) is 0 Å². The van der Waals surface area contributed by atoms with Crippen molar-refractivity contribution in [2.24, 2.45) is 5.92 Å². The Labute approximate surface area is 83.6 Å². The second kappa shape index (κ2) is 4.95. The lowest BCUT2D eigenvalue weighted by Crippen LogP contribution is -2.46. The highest BCUT2D eigenvalue weighted by Gasteiger charge is 2.24. The van der Waals surface area contributed by atoms with Crippen LogP contribution < -0.4 is 16.0 Å². The predicted octanol–water partition coefficient (Wildman–Crippen LogP) is -1.15. The first-order valence-corrected chi connectivity index (χ1v) is 4.88. The summed E-state index contributed by atoms with van der Waals surface area (Å²) in [7, 11) is 1.56. The van der Waals surface area contributed by atoms with E-state index in [1.165, 1.54) is 0 Å². The van der Waals surface area contributed by atoms with E-state index < -0.39 is 6.04 Å². The molecule has 1 fully saturated rings. The fraction of sp³-hybridized carbons (Fsp3) is 0.778. The van der Waals surface area contributed by atoms with Gasteiger partial charge in [-0.25, -0.2) is 0 Å².